The number of hydrogen-bond donors (Lipinski definition) is 1. The highest BCUT2D eigenvalue weighted by atomic mass is 32.1. The van der Waals surface area contributed by atoms with Crippen LogP contribution in [0.4, 0.5) is 13.2 Å². The standard InChI is InChI=1S/C12H13F3N2O2S/c1-3-9-4-8(6-20-9)10(18)17-11(19,12(13,14)15)5-7(2)16-17/h4,6,19H,3,5H2,1-2H3. The molecule has 1 aliphatic heterocycles. The Labute approximate surface area is 117 Å². The molecule has 1 amide bonds. The summed E-state index contributed by atoms with van der Waals surface area (Å²) >= 11 is 1.29. The van der Waals surface area contributed by atoms with Crippen molar-refractivity contribution in [3.05, 3.63) is 21.9 Å². The van der Waals surface area contributed by atoms with E-state index in [1.807, 2.05) is 6.92 Å². The molecule has 4 nitrogen and oxygen atoms in total. The van der Waals surface area contributed by atoms with E-state index in [9.17, 15) is 23.1 Å². The second kappa shape index (κ2) is 4.85. The van der Waals surface area contributed by atoms with Gasteiger partial charge in [-0.2, -0.15) is 23.3 Å². The Hall–Kier alpha value is -1.41. The molecule has 1 N–H and O–H groups in total. The zero-order valence-electron chi connectivity index (χ0n) is 10.9. The highest BCUT2D eigenvalue weighted by Crippen LogP contribution is 2.41. The number of alkyl halides is 3. The topological polar surface area (TPSA) is 52.9 Å². The summed E-state index contributed by atoms with van der Waals surface area (Å²) in [5.74, 6) is -0.947. The minimum atomic E-state index is -4.96. The Kier molecular flexibility index (Phi) is 3.64. The van der Waals surface area contributed by atoms with Crippen molar-refractivity contribution in [1.82, 2.24) is 5.01 Å². The molecule has 20 heavy (non-hydrogen) atoms. The molecule has 0 fully saturated rings. The fourth-order valence-corrected chi connectivity index (χ4v) is 2.76. The van der Waals surface area contributed by atoms with Gasteiger partial charge in [-0.1, -0.05) is 6.92 Å². The van der Waals surface area contributed by atoms with E-state index in [1.54, 1.807) is 0 Å². The number of amides is 1. The summed E-state index contributed by atoms with van der Waals surface area (Å²) in [7, 11) is 0. The van der Waals surface area contributed by atoms with Crippen molar-refractivity contribution >= 4 is 23.0 Å². The van der Waals surface area contributed by atoms with Crippen LogP contribution in [0.15, 0.2) is 16.5 Å². The van der Waals surface area contributed by atoms with E-state index in [4.69, 9.17) is 0 Å². The maximum atomic E-state index is 13.0. The smallest absolute Gasteiger partial charge is 0.362 e. The predicted molar refractivity (Wildman–Crippen MR) is 68.6 cm³/mol. The van der Waals surface area contributed by atoms with Crippen LogP contribution in [0.2, 0.25) is 0 Å². The Morgan fingerprint density at radius 2 is 2.25 bits per heavy atom. The SMILES string of the molecule is CCc1cc(C(=O)N2N=C(C)CC2(O)C(F)(F)F)cs1. The fourth-order valence-electron chi connectivity index (χ4n) is 1.95. The molecule has 2 rings (SSSR count). The Morgan fingerprint density at radius 1 is 1.60 bits per heavy atom. The van der Waals surface area contributed by atoms with Crippen molar-refractivity contribution in [3.63, 3.8) is 0 Å². The van der Waals surface area contributed by atoms with Gasteiger partial charge in [0, 0.05) is 22.4 Å². The van der Waals surface area contributed by atoms with Crippen LogP contribution in [0.1, 0.15) is 35.5 Å². The van der Waals surface area contributed by atoms with E-state index in [2.05, 4.69) is 5.10 Å². The number of aliphatic hydroxyl groups is 1. The molecule has 0 spiro atoms. The van der Waals surface area contributed by atoms with Gasteiger partial charge in [0.2, 0.25) is 0 Å². The normalized spacial score (nSPS) is 23.1. The van der Waals surface area contributed by atoms with Crippen LogP contribution in [0.25, 0.3) is 0 Å². The Bertz CT molecular complexity index is 567. The summed E-state index contributed by atoms with van der Waals surface area (Å²) in [6.07, 6.45) is -5.01. The van der Waals surface area contributed by atoms with Gasteiger partial charge in [-0.15, -0.1) is 11.3 Å². The number of carbonyl (C=O) groups excluding carboxylic acids is 1. The molecular formula is C12H13F3N2O2S. The second-order valence-electron chi connectivity index (χ2n) is 4.60. The largest absolute Gasteiger partial charge is 0.438 e. The minimum absolute atomic E-state index is 0.0594. The zero-order valence-corrected chi connectivity index (χ0v) is 11.7. The number of halogens is 3. The summed E-state index contributed by atoms with van der Waals surface area (Å²) in [6.45, 7) is 3.22. The molecule has 0 radical (unpaired) electrons. The first-order chi connectivity index (χ1) is 9.19. The molecule has 1 aliphatic rings. The highest BCUT2D eigenvalue weighted by Gasteiger charge is 2.62. The first-order valence-corrected chi connectivity index (χ1v) is 6.82. The molecule has 0 aliphatic carbocycles. The van der Waals surface area contributed by atoms with Crippen LogP contribution >= 0.6 is 11.3 Å². The summed E-state index contributed by atoms with van der Waals surface area (Å²) in [4.78, 5) is 13.0. The van der Waals surface area contributed by atoms with Gasteiger partial charge < -0.3 is 5.11 Å². The lowest BCUT2D eigenvalue weighted by Crippen LogP contribution is -2.56. The minimum Gasteiger partial charge on any atom is -0.362 e. The third-order valence-corrected chi connectivity index (χ3v) is 4.10. The molecule has 0 saturated heterocycles. The van der Waals surface area contributed by atoms with Gasteiger partial charge in [0.15, 0.2) is 0 Å². The Morgan fingerprint density at radius 3 is 2.75 bits per heavy atom. The number of hydrazone groups is 1. The van der Waals surface area contributed by atoms with Crippen LogP contribution in [0, 0.1) is 0 Å². The lowest BCUT2D eigenvalue weighted by atomic mass is 10.1. The number of hydrogen-bond acceptors (Lipinski definition) is 4. The van der Waals surface area contributed by atoms with Crippen LogP contribution in [0.5, 0.6) is 0 Å². The third kappa shape index (κ3) is 2.33. The molecule has 0 aromatic carbocycles. The average Bonchev–Trinajstić information content (AvgIpc) is 2.92. The van der Waals surface area contributed by atoms with Crippen molar-refractivity contribution in [2.24, 2.45) is 5.10 Å². The highest BCUT2D eigenvalue weighted by molar-refractivity contribution is 7.10. The molecule has 1 unspecified atom stereocenters. The Balaban J connectivity index is 2.36. The van der Waals surface area contributed by atoms with Crippen molar-refractivity contribution in [2.75, 3.05) is 0 Å². The molecule has 8 heteroatoms. The van der Waals surface area contributed by atoms with Crippen molar-refractivity contribution in [1.29, 1.82) is 0 Å². The van der Waals surface area contributed by atoms with Crippen molar-refractivity contribution < 1.29 is 23.1 Å². The third-order valence-electron chi connectivity index (χ3n) is 3.02. The van der Waals surface area contributed by atoms with Gasteiger partial charge in [-0.3, -0.25) is 4.79 Å². The number of carbonyl (C=O) groups is 1. The number of thiophene rings is 1. The second-order valence-corrected chi connectivity index (χ2v) is 5.59. The molecule has 2 heterocycles. The van der Waals surface area contributed by atoms with Gasteiger partial charge in [0.25, 0.3) is 11.6 Å². The van der Waals surface area contributed by atoms with E-state index in [0.717, 1.165) is 4.88 Å². The summed E-state index contributed by atoms with van der Waals surface area (Å²) in [5.41, 5.74) is -3.10. The predicted octanol–water partition coefficient (Wildman–Crippen LogP) is 2.78. The number of aryl methyl sites for hydroxylation is 1. The van der Waals surface area contributed by atoms with Crippen LogP contribution in [0.3, 0.4) is 0 Å². The van der Waals surface area contributed by atoms with E-state index in [1.165, 1.54) is 29.7 Å². The number of rotatable bonds is 2. The lowest BCUT2D eigenvalue weighted by molar-refractivity contribution is -0.297. The van der Waals surface area contributed by atoms with Crippen LogP contribution < -0.4 is 0 Å². The van der Waals surface area contributed by atoms with E-state index in [-0.39, 0.29) is 16.3 Å². The van der Waals surface area contributed by atoms with Gasteiger partial charge in [0.05, 0.1) is 5.56 Å². The van der Waals surface area contributed by atoms with Crippen molar-refractivity contribution in [2.45, 2.75) is 38.6 Å². The zero-order chi connectivity index (χ0) is 15.1. The van der Waals surface area contributed by atoms with Crippen LogP contribution in [-0.4, -0.2) is 33.6 Å². The molecule has 0 bridgehead atoms. The summed E-state index contributed by atoms with van der Waals surface area (Å²) in [5, 5.41) is 15.0. The molecule has 1 aromatic rings. The van der Waals surface area contributed by atoms with Crippen LogP contribution in [-0.2, 0) is 6.42 Å². The monoisotopic (exact) mass is 306 g/mol. The molecule has 1 aromatic heterocycles. The van der Waals surface area contributed by atoms with Gasteiger partial charge >= 0.3 is 6.18 Å². The van der Waals surface area contributed by atoms with E-state index < -0.39 is 24.2 Å². The molecule has 110 valence electrons. The first kappa shape index (κ1) is 15.0. The fraction of sp³-hybridized carbons (Fsp3) is 0.500. The molecule has 1 atom stereocenters. The first-order valence-electron chi connectivity index (χ1n) is 5.94. The van der Waals surface area contributed by atoms with Gasteiger partial charge in [-0.05, 0) is 19.4 Å². The average molecular weight is 306 g/mol. The maximum absolute atomic E-state index is 13.0. The summed E-state index contributed by atoms with van der Waals surface area (Å²) < 4.78 is 39.0. The van der Waals surface area contributed by atoms with E-state index >= 15 is 0 Å². The van der Waals surface area contributed by atoms with Gasteiger partial charge in [-0.25, -0.2) is 0 Å². The van der Waals surface area contributed by atoms with E-state index in [0.29, 0.717) is 6.42 Å². The number of nitrogens with zero attached hydrogens (tertiary/aromatic N) is 2. The van der Waals surface area contributed by atoms with Crippen molar-refractivity contribution in [3.8, 4) is 0 Å². The lowest BCUT2D eigenvalue weighted by Gasteiger charge is -2.32. The molecular weight excluding hydrogens is 293 g/mol. The summed E-state index contributed by atoms with van der Waals surface area (Å²) in [6, 6.07) is 1.52. The molecule has 0 saturated carbocycles. The van der Waals surface area contributed by atoms with Gasteiger partial charge in [0.1, 0.15) is 0 Å². The quantitative estimate of drug-likeness (QED) is 0.913. The maximum Gasteiger partial charge on any atom is 0.438 e.